The molecule has 1 N–H and O–H groups in total. The van der Waals surface area contributed by atoms with Gasteiger partial charge in [-0.1, -0.05) is 41.9 Å². The molecular formula is C24H24ClNO2S. The minimum Gasteiger partial charge on any atom is -0.496 e. The number of ether oxygens (including phenoxy) is 1. The standard InChI is InChI=1S/C24H24ClNO2S/c1-28-23-7-3-2-5-19(23)6-4-16-26-24(27)20-10-8-18(9-11-20)17-29-22-14-12-21(25)13-15-22/h2-3,5,7-15H,4,6,16-17H2,1H3,(H,26,27). The van der Waals surface area contributed by atoms with E-state index in [1.165, 1.54) is 10.5 Å². The predicted molar refractivity (Wildman–Crippen MR) is 121 cm³/mol. The van der Waals surface area contributed by atoms with E-state index in [9.17, 15) is 4.79 Å². The monoisotopic (exact) mass is 425 g/mol. The lowest BCUT2D eigenvalue weighted by Crippen LogP contribution is -2.24. The average Bonchev–Trinajstić information content (AvgIpc) is 2.77. The Hall–Kier alpha value is -2.43. The fourth-order valence-corrected chi connectivity index (χ4v) is 3.92. The van der Waals surface area contributed by atoms with Crippen LogP contribution >= 0.6 is 23.4 Å². The van der Waals surface area contributed by atoms with E-state index in [-0.39, 0.29) is 5.91 Å². The van der Waals surface area contributed by atoms with Crippen molar-refractivity contribution in [2.45, 2.75) is 23.5 Å². The van der Waals surface area contributed by atoms with E-state index in [0.29, 0.717) is 12.1 Å². The number of carbonyl (C=O) groups is 1. The molecule has 3 rings (SSSR count). The molecule has 0 aromatic heterocycles. The van der Waals surface area contributed by atoms with Gasteiger partial charge >= 0.3 is 0 Å². The second kappa shape index (κ2) is 10.9. The summed E-state index contributed by atoms with van der Waals surface area (Å²) in [5, 5.41) is 3.73. The quantitative estimate of drug-likeness (QED) is 0.337. The first-order valence-corrected chi connectivity index (χ1v) is 10.9. The molecule has 5 heteroatoms. The van der Waals surface area contributed by atoms with Crippen molar-refractivity contribution in [2.24, 2.45) is 0 Å². The topological polar surface area (TPSA) is 38.3 Å². The Labute approximate surface area is 181 Å². The molecule has 0 unspecified atom stereocenters. The molecule has 0 radical (unpaired) electrons. The Balaban J connectivity index is 1.43. The summed E-state index contributed by atoms with van der Waals surface area (Å²) in [6.07, 6.45) is 1.73. The Kier molecular flexibility index (Phi) is 8.03. The van der Waals surface area contributed by atoms with Gasteiger partial charge in [0.15, 0.2) is 0 Å². The Morgan fingerprint density at radius 3 is 2.45 bits per heavy atom. The summed E-state index contributed by atoms with van der Waals surface area (Å²) in [6.45, 7) is 0.630. The van der Waals surface area contributed by atoms with E-state index in [1.54, 1.807) is 18.9 Å². The molecule has 0 heterocycles. The number of rotatable bonds is 9. The number of methoxy groups -OCH3 is 1. The highest BCUT2D eigenvalue weighted by Crippen LogP contribution is 2.24. The number of hydrogen-bond acceptors (Lipinski definition) is 3. The van der Waals surface area contributed by atoms with Crippen molar-refractivity contribution in [3.8, 4) is 5.75 Å². The highest BCUT2D eigenvalue weighted by atomic mass is 35.5. The molecule has 29 heavy (non-hydrogen) atoms. The van der Waals surface area contributed by atoms with E-state index in [0.717, 1.165) is 34.9 Å². The van der Waals surface area contributed by atoms with Crippen molar-refractivity contribution < 1.29 is 9.53 Å². The van der Waals surface area contributed by atoms with Crippen LogP contribution in [0.2, 0.25) is 5.02 Å². The minimum atomic E-state index is -0.0399. The minimum absolute atomic E-state index is 0.0399. The van der Waals surface area contributed by atoms with Crippen LogP contribution < -0.4 is 10.1 Å². The zero-order chi connectivity index (χ0) is 20.5. The molecule has 150 valence electrons. The molecule has 0 spiro atoms. The maximum atomic E-state index is 12.3. The second-order valence-electron chi connectivity index (χ2n) is 6.61. The number of halogens is 1. The first-order valence-electron chi connectivity index (χ1n) is 9.53. The Bertz CT molecular complexity index is 926. The maximum absolute atomic E-state index is 12.3. The highest BCUT2D eigenvalue weighted by molar-refractivity contribution is 7.98. The van der Waals surface area contributed by atoms with Gasteiger partial charge < -0.3 is 10.1 Å². The molecule has 0 saturated carbocycles. The number of aryl methyl sites for hydroxylation is 1. The third-order valence-electron chi connectivity index (χ3n) is 4.54. The van der Waals surface area contributed by atoms with Crippen LogP contribution in [0.1, 0.15) is 27.9 Å². The number of hydrogen-bond donors (Lipinski definition) is 1. The smallest absolute Gasteiger partial charge is 0.251 e. The molecule has 0 bridgehead atoms. The predicted octanol–water partition coefficient (Wildman–Crippen LogP) is 6.00. The van der Waals surface area contributed by atoms with Crippen LogP contribution in [-0.4, -0.2) is 19.6 Å². The Morgan fingerprint density at radius 1 is 1.00 bits per heavy atom. The lowest BCUT2D eigenvalue weighted by Gasteiger charge is -2.09. The normalized spacial score (nSPS) is 10.6. The van der Waals surface area contributed by atoms with Gasteiger partial charge in [-0.2, -0.15) is 0 Å². The van der Waals surface area contributed by atoms with E-state index < -0.39 is 0 Å². The molecule has 0 aliphatic carbocycles. The van der Waals surface area contributed by atoms with Crippen molar-refractivity contribution >= 4 is 29.3 Å². The highest BCUT2D eigenvalue weighted by Gasteiger charge is 2.06. The van der Waals surface area contributed by atoms with E-state index in [2.05, 4.69) is 11.4 Å². The molecule has 0 saturated heterocycles. The van der Waals surface area contributed by atoms with Gasteiger partial charge in [0.25, 0.3) is 5.91 Å². The van der Waals surface area contributed by atoms with E-state index in [1.807, 2.05) is 66.7 Å². The summed E-state index contributed by atoms with van der Waals surface area (Å²) < 4.78 is 5.36. The van der Waals surface area contributed by atoms with Crippen LogP contribution in [0, 0.1) is 0 Å². The maximum Gasteiger partial charge on any atom is 0.251 e. The molecule has 0 atom stereocenters. The van der Waals surface area contributed by atoms with Gasteiger partial charge in [-0.15, -0.1) is 11.8 Å². The molecular weight excluding hydrogens is 402 g/mol. The molecule has 0 fully saturated rings. The molecule has 3 aromatic rings. The number of thioether (sulfide) groups is 1. The van der Waals surface area contributed by atoms with Crippen LogP contribution in [0.3, 0.4) is 0 Å². The largest absolute Gasteiger partial charge is 0.496 e. The molecule has 3 nitrogen and oxygen atoms in total. The lowest BCUT2D eigenvalue weighted by atomic mass is 10.1. The molecule has 1 amide bonds. The summed E-state index contributed by atoms with van der Waals surface area (Å²) in [7, 11) is 1.68. The van der Waals surface area contributed by atoms with Gasteiger partial charge in [-0.25, -0.2) is 0 Å². The molecule has 0 aliphatic heterocycles. The fourth-order valence-electron chi connectivity index (χ4n) is 2.94. The van der Waals surface area contributed by atoms with Crippen molar-refractivity contribution in [1.82, 2.24) is 5.32 Å². The summed E-state index contributed by atoms with van der Waals surface area (Å²) in [4.78, 5) is 13.5. The second-order valence-corrected chi connectivity index (χ2v) is 8.10. The van der Waals surface area contributed by atoms with Gasteiger partial charge in [0.2, 0.25) is 0 Å². The van der Waals surface area contributed by atoms with E-state index in [4.69, 9.17) is 16.3 Å². The fraction of sp³-hybridized carbons (Fsp3) is 0.208. The molecule has 0 aliphatic rings. The van der Waals surface area contributed by atoms with Crippen LogP contribution in [-0.2, 0) is 12.2 Å². The zero-order valence-corrected chi connectivity index (χ0v) is 17.9. The summed E-state index contributed by atoms with van der Waals surface area (Å²) in [6, 6.07) is 23.6. The SMILES string of the molecule is COc1ccccc1CCCNC(=O)c1ccc(CSc2ccc(Cl)cc2)cc1. The summed E-state index contributed by atoms with van der Waals surface area (Å²) in [5.74, 6) is 1.70. The first-order chi connectivity index (χ1) is 14.2. The van der Waals surface area contributed by atoms with Gasteiger partial charge in [-0.3, -0.25) is 4.79 Å². The van der Waals surface area contributed by atoms with Crippen LogP contribution in [0.4, 0.5) is 0 Å². The average molecular weight is 426 g/mol. The van der Waals surface area contributed by atoms with Crippen molar-refractivity contribution in [3.05, 3.63) is 94.5 Å². The molecule has 3 aromatic carbocycles. The number of carbonyl (C=O) groups excluding carboxylic acids is 1. The van der Waals surface area contributed by atoms with E-state index >= 15 is 0 Å². The van der Waals surface area contributed by atoms with Crippen molar-refractivity contribution in [1.29, 1.82) is 0 Å². The van der Waals surface area contributed by atoms with Crippen molar-refractivity contribution in [3.63, 3.8) is 0 Å². The number of para-hydroxylation sites is 1. The Morgan fingerprint density at radius 2 is 1.72 bits per heavy atom. The third kappa shape index (κ3) is 6.55. The van der Waals surface area contributed by atoms with Gasteiger partial charge in [0.05, 0.1) is 7.11 Å². The number of benzene rings is 3. The van der Waals surface area contributed by atoms with Crippen LogP contribution in [0.15, 0.2) is 77.7 Å². The summed E-state index contributed by atoms with van der Waals surface area (Å²) in [5.41, 5.74) is 3.02. The first kappa shape index (κ1) is 21.3. The number of nitrogens with one attached hydrogen (secondary N) is 1. The summed E-state index contributed by atoms with van der Waals surface area (Å²) >= 11 is 7.66. The van der Waals surface area contributed by atoms with Crippen LogP contribution in [0.5, 0.6) is 5.75 Å². The van der Waals surface area contributed by atoms with Crippen LogP contribution in [0.25, 0.3) is 0 Å². The third-order valence-corrected chi connectivity index (χ3v) is 5.87. The number of amides is 1. The zero-order valence-electron chi connectivity index (χ0n) is 16.4. The van der Waals surface area contributed by atoms with Gasteiger partial charge in [0, 0.05) is 27.8 Å². The van der Waals surface area contributed by atoms with Gasteiger partial charge in [-0.05, 0) is 66.4 Å². The van der Waals surface area contributed by atoms with Gasteiger partial charge in [0.1, 0.15) is 5.75 Å². The van der Waals surface area contributed by atoms with Crippen molar-refractivity contribution in [2.75, 3.05) is 13.7 Å². The lowest BCUT2D eigenvalue weighted by molar-refractivity contribution is 0.0953.